The van der Waals surface area contributed by atoms with Gasteiger partial charge in [0.05, 0.1) is 12.8 Å². The summed E-state index contributed by atoms with van der Waals surface area (Å²) in [6.07, 6.45) is 9.71. The normalized spacial score (nSPS) is 11.4. The van der Waals surface area contributed by atoms with Crippen molar-refractivity contribution >= 4 is 13.5 Å². The van der Waals surface area contributed by atoms with E-state index in [9.17, 15) is 17.3 Å². The van der Waals surface area contributed by atoms with E-state index in [4.69, 9.17) is 5.11 Å². The molecule has 0 aromatic carbocycles. The number of hydrogen-bond acceptors (Lipinski definition) is 1. The second-order valence-corrected chi connectivity index (χ2v) is 2.80. The van der Waals surface area contributed by atoms with Gasteiger partial charge in [0.1, 0.15) is 18.9 Å². The van der Waals surface area contributed by atoms with Crippen molar-refractivity contribution in [3.8, 4) is 0 Å². The molecule has 1 rings (SSSR count). The third kappa shape index (κ3) is 9.26. The molecular formula is C8H13BF4N2O. The van der Waals surface area contributed by atoms with Gasteiger partial charge in [-0.15, -0.1) is 0 Å². The monoisotopic (exact) mass is 240 g/mol. The van der Waals surface area contributed by atoms with Crippen LogP contribution in [-0.2, 0) is 6.54 Å². The first-order chi connectivity index (χ1) is 7.36. The SMILES string of the molecule is CC=Cn1cc[n+](CCO)c1.F[B-](F)(F)F. The van der Waals surface area contributed by atoms with E-state index in [1.807, 2.05) is 47.1 Å². The fourth-order valence-corrected chi connectivity index (χ4v) is 0.919. The number of halogens is 4. The van der Waals surface area contributed by atoms with Crippen molar-refractivity contribution < 1.29 is 26.9 Å². The fourth-order valence-electron chi connectivity index (χ4n) is 0.919. The Bertz CT molecular complexity index is 318. The molecule has 0 aliphatic rings. The van der Waals surface area contributed by atoms with Gasteiger partial charge in [0.15, 0.2) is 0 Å². The molecule has 16 heavy (non-hydrogen) atoms. The van der Waals surface area contributed by atoms with Gasteiger partial charge in [-0.2, -0.15) is 0 Å². The van der Waals surface area contributed by atoms with Crippen molar-refractivity contribution in [2.75, 3.05) is 6.61 Å². The second-order valence-electron chi connectivity index (χ2n) is 2.80. The summed E-state index contributed by atoms with van der Waals surface area (Å²) in [4.78, 5) is 0. The Balaban J connectivity index is 0.000000385. The summed E-state index contributed by atoms with van der Waals surface area (Å²) in [5.74, 6) is 0. The smallest absolute Gasteiger partial charge is 0.418 e. The van der Waals surface area contributed by atoms with E-state index in [0.29, 0.717) is 6.54 Å². The zero-order valence-corrected chi connectivity index (χ0v) is 8.73. The highest BCUT2D eigenvalue weighted by Gasteiger charge is 2.20. The van der Waals surface area contributed by atoms with Crippen LogP contribution in [0.4, 0.5) is 17.3 Å². The third-order valence-electron chi connectivity index (χ3n) is 1.39. The van der Waals surface area contributed by atoms with Crippen LogP contribution in [0.15, 0.2) is 24.8 Å². The van der Waals surface area contributed by atoms with E-state index in [1.54, 1.807) is 0 Å². The lowest BCUT2D eigenvalue weighted by Crippen LogP contribution is -2.32. The Kier molecular flexibility index (Phi) is 6.47. The summed E-state index contributed by atoms with van der Waals surface area (Å²) in [6.45, 7) is 2.81. The van der Waals surface area contributed by atoms with Crippen molar-refractivity contribution in [2.45, 2.75) is 13.5 Å². The highest BCUT2D eigenvalue weighted by atomic mass is 19.5. The molecule has 3 nitrogen and oxygen atoms in total. The molecule has 92 valence electrons. The van der Waals surface area contributed by atoms with Crippen LogP contribution >= 0.6 is 0 Å². The number of rotatable bonds is 3. The van der Waals surface area contributed by atoms with Crippen LogP contribution < -0.4 is 4.57 Å². The fraction of sp³-hybridized carbons (Fsp3) is 0.375. The molecule has 1 heterocycles. The lowest BCUT2D eigenvalue weighted by molar-refractivity contribution is -0.697. The largest absolute Gasteiger partial charge is 0.673 e. The summed E-state index contributed by atoms with van der Waals surface area (Å²) in [5.41, 5.74) is 0. The zero-order valence-electron chi connectivity index (χ0n) is 8.73. The minimum absolute atomic E-state index is 0.185. The Morgan fingerprint density at radius 1 is 1.38 bits per heavy atom. The van der Waals surface area contributed by atoms with Gasteiger partial charge in [-0.3, -0.25) is 0 Å². The van der Waals surface area contributed by atoms with E-state index in [-0.39, 0.29) is 6.61 Å². The quantitative estimate of drug-likeness (QED) is 0.484. The van der Waals surface area contributed by atoms with Crippen molar-refractivity contribution in [1.29, 1.82) is 0 Å². The summed E-state index contributed by atoms with van der Waals surface area (Å²) in [6, 6.07) is 0. The van der Waals surface area contributed by atoms with Crippen molar-refractivity contribution in [3.63, 3.8) is 0 Å². The minimum Gasteiger partial charge on any atom is -0.418 e. The number of allylic oxidation sites excluding steroid dienone is 1. The first-order valence-corrected chi connectivity index (χ1v) is 4.54. The molecular weight excluding hydrogens is 227 g/mol. The lowest BCUT2D eigenvalue weighted by Gasteiger charge is -1.94. The lowest BCUT2D eigenvalue weighted by atomic mass is 10.3. The van der Waals surface area contributed by atoms with E-state index < -0.39 is 7.25 Å². The molecule has 0 aliphatic carbocycles. The molecule has 0 spiro atoms. The van der Waals surface area contributed by atoms with Gasteiger partial charge in [0.25, 0.3) is 0 Å². The van der Waals surface area contributed by atoms with Crippen LogP contribution in [0.25, 0.3) is 6.20 Å². The standard InChI is InChI=1S/C8H13N2O.BF4/c1-2-3-9-4-5-10(8-9)6-7-11;2-1(3,4)5/h2-5,8,11H,6-7H2,1H3;/q+1;-1. The van der Waals surface area contributed by atoms with Crippen molar-refractivity contribution in [2.24, 2.45) is 0 Å². The van der Waals surface area contributed by atoms with Crippen molar-refractivity contribution in [1.82, 2.24) is 4.57 Å². The van der Waals surface area contributed by atoms with E-state index in [1.165, 1.54) is 0 Å². The number of aliphatic hydroxyl groups excluding tert-OH is 1. The van der Waals surface area contributed by atoms with Crippen LogP contribution in [0.1, 0.15) is 6.92 Å². The maximum atomic E-state index is 9.75. The summed E-state index contributed by atoms with van der Waals surface area (Å²) in [7, 11) is -6.00. The Morgan fingerprint density at radius 2 is 1.94 bits per heavy atom. The van der Waals surface area contributed by atoms with Gasteiger partial charge in [-0.25, -0.2) is 9.13 Å². The minimum atomic E-state index is -6.00. The molecule has 0 bridgehead atoms. The molecule has 0 aliphatic heterocycles. The average Bonchev–Trinajstić information content (AvgIpc) is 2.51. The van der Waals surface area contributed by atoms with Gasteiger partial charge >= 0.3 is 7.25 Å². The molecule has 1 aromatic heterocycles. The van der Waals surface area contributed by atoms with Crippen LogP contribution in [0, 0.1) is 0 Å². The van der Waals surface area contributed by atoms with Gasteiger partial charge in [-0.05, 0) is 13.0 Å². The van der Waals surface area contributed by atoms with Crippen LogP contribution in [0.2, 0.25) is 0 Å². The molecule has 1 aromatic rings. The number of hydrogen-bond donors (Lipinski definition) is 1. The van der Waals surface area contributed by atoms with Crippen LogP contribution in [-0.4, -0.2) is 23.5 Å². The molecule has 0 fully saturated rings. The van der Waals surface area contributed by atoms with E-state index in [2.05, 4.69) is 0 Å². The predicted molar refractivity (Wildman–Crippen MR) is 52.9 cm³/mol. The maximum absolute atomic E-state index is 9.75. The number of aromatic nitrogens is 2. The topological polar surface area (TPSA) is 29.0 Å². The molecule has 1 N–H and O–H groups in total. The number of aliphatic hydroxyl groups is 1. The van der Waals surface area contributed by atoms with Gasteiger partial charge in [0, 0.05) is 0 Å². The zero-order chi connectivity index (χ0) is 12.6. The molecule has 0 unspecified atom stereocenters. The highest BCUT2D eigenvalue weighted by molar-refractivity contribution is 6.50. The van der Waals surface area contributed by atoms with Crippen molar-refractivity contribution in [3.05, 3.63) is 24.8 Å². The van der Waals surface area contributed by atoms with E-state index in [0.717, 1.165) is 0 Å². The predicted octanol–water partition coefficient (Wildman–Crippen LogP) is 1.56. The molecule has 0 saturated heterocycles. The molecule has 0 radical (unpaired) electrons. The number of nitrogens with zero attached hydrogens (tertiary/aromatic N) is 2. The van der Waals surface area contributed by atoms with E-state index >= 15 is 0 Å². The summed E-state index contributed by atoms with van der Waals surface area (Å²) < 4.78 is 42.9. The first-order valence-electron chi connectivity index (χ1n) is 4.54. The Labute approximate surface area is 90.7 Å². The van der Waals surface area contributed by atoms with Gasteiger partial charge in [-0.1, -0.05) is 0 Å². The van der Waals surface area contributed by atoms with Crippen LogP contribution in [0.5, 0.6) is 0 Å². The maximum Gasteiger partial charge on any atom is 0.673 e. The average molecular weight is 240 g/mol. The highest BCUT2D eigenvalue weighted by Crippen LogP contribution is 2.06. The molecule has 0 amide bonds. The second kappa shape index (κ2) is 7.05. The third-order valence-corrected chi connectivity index (χ3v) is 1.39. The Morgan fingerprint density at radius 3 is 2.38 bits per heavy atom. The number of imidazole rings is 1. The first kappa shape index (κ1) is 14.7. The molecule has 8 heteroatoms. The van der Waals surface area contributed by atoms with Crippen LogP contribution in [0.3, 0.4) is 0 Å². The molecule has 0 saturated carbocycles. The molecule has 0 atom stereocenters. The van der Waals surface area contributed by atoms with Gasteiger partial charge in [0.2, 0.25) is 6.33 Å². The summed E-state index contributed by atoms with van der Waals surface area (Å²) in [5, 5.41) is 8.61. The Hall–Kier alpha value is -1.31. The summed E-state index contributed by atoms with van der Waals surface area (Å²) >= 11 is 0. The van der Waals surface area contributed by atoms with Gasteiger partial charge < -0.3 is 22.4 Å².